The lowest BCUT2D eigenvalue weighted by atomic mass is 10.0. The monoisotopic (exact) mass is 401 g/mol. The second kappa shape index (κ2) is 10.5. The van der Waals surface area contributed by atoms with Crippen LogP contribution in [-0.2, 0) is 4.79 Å². The fourth-order valence-corrected chi connectivity index (χ4v) is 3.46. The quantitative estimate of drug-likeness (QED) is 0.541. The molecule has 0 aromatic heterocycles. The van der Waals surface area contributed by atoms with Crippen molar-refractivity contribution in [3.05, 3.63) is 96.1 Å². The molecular weight excluding hydrogens is 372 g/mol. The van der Waals surface area contributed by atoms with Crippen molar-refractivity contribution in [3.8, 4) is 11.1 Å². The molecule has 0 aliphatic rings. The second-order valence-electron chi connectivity index (χ2n) is 7.81. The fourth-order valence-electron chi connectivity index (χ4n) is 3.46. The zero-order valence-corrected chi connectivity index (χ0v) is 17.6. The number of hydrogen-bond acceptors (Lipinski definition) is 2. The van der Waals surface area contributed by atoms with Crippen LogP contribution in [0.3, 0.4) is 0 Å². The van der Waals surface area contributed by atoms with E-state index in [1.54, 1.807) is 0 Å². The standard InChI is InChI=1S/C26H28N2O2/c1-28(2)19-24(22-11-7-4-8-12-22)27-26(30)18-17-25(29)23-15-13-21(14-16-23)20-9-5-3-6-10-20/h3-16,24H,17-19H2,1-2H3,(H,27,30)/p+1/t24-/m0/s1. The molecule has 3 rings (SSSR count). The summed E-state index contributed by atoms with van der Waals surface area (Å²) in [6, 6.07) is 27.5. The summed E-state index contributed by atoms with van der Waals surface area (Å²) in [4.78, 5) is 26.3. The van der Waals surface area contributed by atoms with Crippen molar-refractivity contribution in [1.29, 1.82) is 0 Å². The SMILES string of the molecule is C[NH+](C)C[C@H](NC(=O)CCC(=O)c1ccc(-c2ccccc2)cc1)c1ccccc1. The van der Waals surface area contributed by atoms with E-state index in [0.717, 1.165) is 23.2 Å². The van der Waals surface area contributed by atoms with Gasteiger partial charge in [0.15, 0.2) is 5.78 Å². The fraction of sp³-hybridized carbons (Fsp3) is 0.231. The van der Waals surface area contributed by atoms with Gasteiger partial charge in [-0.15, -0.1) is 0 Å². The molecule has 0 heterocycles. The molecule has 0 unspecified atom stereocenters. The molecular formula is C26H29N2O2+. The Morgan fingerprint density at radius 1 is 0.767 bits per heavy atom. The van der Waals surface area contributed by atoms with Crippen LogP contribution >= 0.6 is 0 Å². The number of carbonyl (C=O) groups excluding carboxylic acids is 2. The largest absolute Gasteiger partial charge is 0.344 e. The molecule has 0 saturated carbocycles. The number of quaternary nitrogens is 1. The van der Waals surface area contributed by atoms with Gasteiger partial charge in [-0.25, -0.2) is 0 Å². The number of benzene rings is 3. The first-order valence-corrected chi connectivity index (χ1v) is 10.3. The van der Waals surface area contributed by atoms with Gasteiger partial charge in [0.05, 0.1) is 14.1 Å². The molecule has 0 saturated heterocycles. The van der Waals surface area contributed by atoms with Crippen LogP contribution in [0.4, 0.5) is 0 Å². The van der Waals surface area contributed by atoms with E-state index in [1.165, 1.54) is 4.90 Å². The smallest absolute Gasteiger partial charge is 0.221 e. The van der Waals surface area contributed by atoms with E-state index in [4.69, 9.17) is 0 Å². The van der Waals surface area contributed by atoms with Crippen LogP contribution in [0.15, 0.2) is 84.9 Å². The summed E-state index contributed by atoms with van der Waals surface area (Å²) in [5.74, 6) is -0.112. The van der Waals surface area contributed by atoms with Crippen LogP contribution in [0.2, 0.25) is 0 Å². The van der Waals surface area contributed by atoms with Crippen molar-refractivity contribution in [2.75, 3.05) is 20.6 Å². The van der Waals surface area contributed by atoms with Gasteiger partial charge in [0.25, 0.3) is 0 Å². The van der Waals surface area contributed by atoms with E-state index < -0.39 is 0 Å². The molecule has 3 aromatic carbocycles. The summed E-state index contributed by atoms with van der Waals surface area (Å²) in [5, 5.41) is 3.09. The Kier molecular flexibility index (Phi) is 7.52. The Hall–Kier alpha value is -3.24. The summed E-state index contributed by atoms with van der Waals surface area (Å²) in [6.07, 6.45) is 0.387. The van der Waals surface area contributed by atoms with Crippen molar-refractivity contribution in [2.45, 2.75) is 18.9 Å². The van der Waals surface area contributed by atoms with Gasteiger partial charge in [-0.2, -0.15) is 0 Å². The Labute approximate surface area is 178 Å². The van der Waals surface area contributed by atoms with Crippen LogP contribution in [0.1, 0.15) is 34.8 Å². The van der Waals surface area contributed by atoms with Gasteiger partial charge in [0.1, 0.15) is 12.6 Å². The predicted molar refractivity (Wildman–Crippen MR) is 120 cm³/mol. The molecule has 0 aliphatic heterocycles. The maximum Gasteiger partial charge on any atom is 0.221 e. The Morgan fingerprint density at radius 3 is 1.93 bits per heavy atom. The van der Waals surface area contributed by atoms with Gasteiger partial charge >= 0.3 is 0 Å². The third-order valence-electron chi connectivity index (χ3n) is 5.04. The number of hydrogen-bond donors (Lipinski definition) is 2. The first kappa shape index (κ1) is 21.5. The highest BCUT2D eigenvalue weighted by Crippen LogP contribution is 2.20. The highest BCUT2D eigenvalue weighted by Gasteiger charge is 2.18. The minimum Gasteiger partial charge on any atom is -0.344 e. The lowest BCUT2D eigenvalue weighted by Gasteiger charge is -2.20. The average Bonchev–Trinajstić information content (AvgIpc) is 2.78. The van der Waals surface area contributed by atoms with Crippen LogP contribution in [0.25, 0.3) is 11.1 Å². The molecule has 4 nitrogen and oxygen atoms in total. The highest BCUT2D eigenvalue weighted by atomic mass is 16.2. The van der Waals surface area contributed by atoms with Crippen molar-refractivity contribution in [2.24, 2.45) is 0 Å². The molecule has 2 N–H and O–H groups in total. The highest BCUT2D eigenvalue weighted by molar-refractivity contribution is 5.98. The van der Waals surface area contributed by atoms with Crippen LogP contribution < -0.4 is 10.2 Å². The normalized spacial score (nSPS) is 11.8. The number of Topliss-reactive ketones (excluding diaryl/α,β-unsaturated/α-hetero) is 1. The zero-order chi connectivity index (χ0) is 21.3. The third-order valence-corrected chi connectivity index (χ3v) is 5.04. The molecule has 1 atom stereocenters. The Morgan fingerprint density at radius 2 is 1.33 bits per heavy atom. The average molecular weight is 402 g/mol. The number of rotatable bonds is 9. The second-order valence-corrected chi connectivity index (χ2v) is 7.81. The van der Waals surface area contributed by atoms with Crippen molar-refractivity contribution in [3.63, 3.8) is 0 Å². The first-order chi connectivity index (χ1) is 14.5. The van der Waals surface area contributed by atoms with Gasteiger partial charge in [0.2, 0.25) is 5.91 Å². The van der Waals surface area contributed by atoms with Gasteiger partial charge in [-0.1, -0.05) is 84.9 Å². The van der Waals surface area contributed by atoms with Gasteiger partial charge in [0, 0.05) is 18.4 Å². The minimum atomic E-state index is -0.0978. The van der Waals surface area contributed by atoms with Gasteiger partial charge in [-0.3, -0.25) is 9.59 Å². The molecule has 1 amide bonds. The van der Waals surface area contributed by atoms with Crippen molar-refractivity contribution >= 4 is 11.7 Å². The molecule has 3 aromatic rings. The number of likely N-dealkylation sites (N-methyl/N-ethyl adjacent to an activating group) is 1. The minimum absolute atomic E-state index is 0.0146. The van der Waals surface area contributed by atoms with Gasteiger partial charge < -0.3 is 10.2 Å². The first-order valence-electron chi connectivity index (χ1n) is 10.3. The molecule has 0 radical (unpaired) electrons. The van der Waals surface area contributed by atoms with Crippen LogP contribution in [0, 0.1) is 0 Å². The summed E-state index contributed by atoms with van der Waals surface area (Å²) in [7, 11) is 4.12. The summed E-state index contributed by atoms with van der Waals surface area (Å²) >= 11 is 0. The van der Waals surface area contributed by atoms with Crippen molar-refractivity contribution in [1.82, 2.24) is 5.32 Å². The third kappa shape index (κ3) is 6.13. The molecule has 0 bridgehead atoms. The molecule has 154 valence electrons. The number of carbonyl (C=O) groups is 2. The lowest BCUT2D eigenvalue weighted by Crippen LogP contribution is -3.06. The topological polar surface area (TPSA) is 50.6 Å². The van der Waals surface area contributed by atoms with E-state index in [-0.39, 0.29) is 30.6 Å². The number of amides is 1. The molecule has 4 heteroatoms. The lowest BCUT2D eigenvalue weighted by molar-refractivity contribution is -0.860. The molecule has 0 fully saturated rings. The molecule has 30 heavy (non-hydrogen) atoms. The van der Waals surface area contributed by atoms with Crippen molar-refractivity contribution < 1.29 is 14.5 Å². The zero-order valence-electron chi connectivity index (χ0n) is 17.6. The maximum atomic E-state index is 12.5. The summed E-state index contributed by atoms with van der Waals surface area (Å²) in [6.45, 7) is 0.782. The van der Waals surface area contributed by atoms with Crippen LogP contribution in [-0.4, -0.2) is 32.3 Å². The molecule has 0 aliphatic carbocycles. The predicted octanol–water partition coefficient (Wildman–Crippen LogP) is 3.32. The summed E-state index contributed by atoms with van der Waals surface area (Å²) < 4.78 is 0. The Balaban J connectivity index is 1.56. The number of nitrogens with one attached hydrogen (secondary N) is 2. The summed E-state index contributed by atoms with van der Waals surface area (Å²) in [5.41, 5.74) is 3.90. The van der Waals surface area contributed by atoms with Gasteiger partial charge in [-0.05, 0) is 16.7 Å². The molecule has 0 spiro atoms. The van der Waals surface area contributed by atoms with E-state index in [2.05, 4.69) is 19.4 Å². The number of ketones is 1. The van der Waals surface area contributed by atoms with E-state index >= 15 is 0 Å². The van der Waals surface area contributed by atoms with E-state index in [9.17, 15) is 9.59 Å². The van der Waals surface area contributed by atoms with E-state index in [0.29, 0.717) is 5.56 Å². The Bertz CT molecular complexity index is 951. The maximum absolute atomic E-state index is 12.5. The van der Waals surface area contributed by atoms with E-state index in [1.807, 2.05) is 84.9 Å². The van der Waals surface area contributed by atoms with Crippen LogP contribution in [0.5, 0.6) is 0 Å².